The van der Waals surface area contributed by atoms with Crippen LogP contribution in [0.1, 0.15) is 233 Å². The Hall–Kier alpha value is -1.10. The molecule has 0 radical (unpaired) electrons. The van der Waals surface area contributed by atoms with Gasteiger partial charge in [-0.25, -0.2) is 0 Å². The molecular formula is C42H82O5. The minimum Gasteiger partial charge on any atom is -0.463 e. The van der Waals surface area contributed by atoms with E-state index in [1.54, 1.807) is 0 Å². The number of ether oxygens (including phenoxy) is 2. The fraction of sp³-hybridized carbons (Fsp3) is 0.952. The third-order valence-electron chi connectivity index (χ3n) is 9.52. The minimum absolute atomic E-state index is 0.108. The van der Waals surface area contributed by atoms with Gasteiger partial charge in [0.25, 0.3) is 0 Å². The third-order valence-corrected chi connectivity index (χ3v) is 9.52. The zero-order valence-corrected chi connectivity index (χ0v) is 32.0. The lowest BCUT2D eigenvalue weighted by Gasteiger charge is -2.12. The molecule has 1 atom stereocenters. The van der Waals surface area contributed by atoms with E-state index in [1.165, 1.54) is 173 Å². The number of esters is 2. The van der Waals surface area contributed by atoms with Crippen LogP contribution in [0.3, 0.4) is 0 Å². The van der Waals surface area contributed by atoms with Crippen LogP contribution in [0, 0.1) is 5.92 Å². The standard InChI is InChI=1S/C42H82O5/c1-4-5-6-7-8-9-10-11-12-13-14-15-16-17-20-23-26-29-32-35-41(44)46-37-40(43)38-47-42(45)36-33-30-27-24-21-18-19-22-25-28-31-34-39(2)3/h39-40,43H,4-38H2,1-3H3/t40-/m0/s1. The summed E-state index contributed by atoms with van der Waals surface area (Å²) in [5, 5.41) is 10.0. The van der Waals surface area contributed by atoms with Crippen LogP contribution in [0.25, 0.3) is 0 Å². The van der Waals surface area contributed by atoms with Crippen LogP contribution in [0.5, 0.6) is 0 Å². The SMILES string of the molecule is CCCCCCCCCCCCCCCCCCCCCC(=O)OC[C@H](O)COC(=O)CCCCCCCCCCCCCC(C)C. The van der Waals surface area contributed by atoms with Crippen LogP contribution in [0.15, 0.2) is 0 Å². The second kappa shape index (κ2) is 37.7. The van der Waals surface area contributed by atoms with Crippen molar-refractivity contribution >= 4 is 11.9 Å². The van der Waals surface area contributed by atoms with Crippen molar-refractivity contribution in [3.05, 3.63) is 0 Å². The van der Waals surface area contributed by atoms with Gasteiger partial charge >= 0.3 is 11.9 Å². The Morgan fingerprint density at radius 2 is 0.681 bits per heavy atom. The fourth-order valence-corrected chi connectivity index (χ4v) is 6.33. The number of unbranched alkanes of at least 4 members (excludes halogenated alkanes) is 28. The highest BCUT2D eigenvalue weighted by Gasteiger charge is 2.12. The van der Waals surface area contributed by atoms with Gasteiger partial charge in [-0.2, -0.15) is 0 Å². The van der Waals surface area contributed by atoms with E-state index in [9.17, 15) is 14.7 Å². The topological polar surface area (TPSA) is 72.8 Å². The Bertz CT molecular complexity index is 649. The van der Waals surface area contributed by atoms with Gasteiger partial charge in [0.05, 0.1) is 0 Å². The molecule has 0 bridgehead atoms. The van der Waals surface area contributed by atoms with Crippen LogP contribution in [0.2, 0.25) is 0 Å². The first-order chi connectivity index (χ1) is 23.0. The third kappa shape index (κ3) is 39.2. The second-order valence-electron chi connectivity index (χ2n) is 15.0. The summed E-state index contributed by atoms with van der Waals surface area (Å²) < 4.78 is 10.4. The van der Waals surface area contributed by atoms with Gasteiger partial charge in [-0.1, -0.05) is 207 Å². The molecular weight excluding hydrogens is 584 g/mol. The molecule has 5 heteroatoms. The molecule has 47 heavy (non-hydrogen) atoms. The number of aliphatic hydroxyl groups is 1. The zero-order valence-electron chi connectivity index (χ0n) is 32.0. The van der Waals surface area contributed by atoms with E-state index in [1.807, 2.05) is 0 Å². The highest BCUT2D eigenvalue weighted by Crippen LogP contribution is 2.16. The van der Waals surface area contributed by atoms with E-state index in [0.717, 1.165) is 31.6 Å². The van der Waals surface area contributed by atoms with Gasteiger partial charge in [0.15, 0.2) is 0 Å². The van der Waals surface area contributed by atoms with Crippen LogP contribution in [0.4, 0.5) is 0 Å². The monoisotopic (exact) mass is 667 g/mol. The average molecular weight is 667 g/mol. The molecule has 0 amide bonds. The first kappa shape index (κ1) is 45.9. The molecule has 280 valence electrons. The lowest BCUT2D eigenvalue weighted by molar-refractivity contribution is -0.152. The smallest absolute Gasteiger partial charge is 0.305 e. The molecule has 0 saturated carbocycles. The summed E-state index contributed by atoms with van der Waals surface area (Å²) in [4.78, 5) is 23.9. The molecule has 5 nitrogen and oxygen atoms in total. The Balaban J connectivity index is 3.36. The molecule has 0 aromatic rings. The number of carbonyl (C=O) groups excluding carboxylic acids is 2. The molecule has 0 saturated heterocycles. The van der Waals surface area contributed by atoms with E-state index >= 15 is 0 Å². The van der Waals surface area contributed by atoms with Crippen molar-refractivity contribution in [3.8, 4) is 0 Å². The van der Waals surface area contributed by atoms with E-state index < -0.39 is 6.10 Å². The Labute approximate surface area is 293 Å². The lowest BCUT2D eigenvalue weighted by Crippen LogP contribution is -2.25. The van der Waals surface area contributed by atoms with Gasteiger partial charge in [-0.15, -0.1) is 0 Å². The summed E-state index contributed by atoms with van der Waals surface area (Å²) in [6.45, 7) is 6.67. The minimum atomic E-state index is -0.955. The summed E-state index contributed by atoms with van der Waals surface area (Å²) in [7, 11) is 0. The normalized spacial score (nSPS) is 12.1. The molecule has 0 aromatic heterocycles. The number of rotatable bonds is 38. The van der Waals surface area contributed by atoms with E-state index in [4.69, 9.17) is 9.47 Å². The van der Waals surface area contributed by atoms with Crippen molar-refractivity contribution in [2.24, 2.45) is 5.92 Å². The molecule has 0 spiro atoms. The second-order valence-corrected chi connectivity index (χ2v) is 15.0. The van der Waals surface area contributed by atoms with E-state index in [0.29, 0.717) is 12.8 Å². The van der Waals surface area contributed by atoms with Crippen molar-refractivity contribution in [2.75, 3.05) is 13.2 Å². The maximum absolute atomic E-state index is 12.0. The summed E-state index contributed by atoms with van der Waals surface area (Å²) in [6.07, 6.45) is 40.2. The summed E-state index contributed by atoms with van der Waals surface area (Å²) >= 11 is 0. The molecule has 0 heterocycles. The predicted molar refractivity (Wildman–Crippen MR) is 201 cm³/mol. The van der Waals surface area contributed by atoms with Gasteiger partial charge in [-0.3, -0.25) is 9.59 Å². The summed E-state index contributed by atoms with van der Waals surface area (Å²) in [5.41, 5.74) is 0. The molecule has 0 aliphatic carbocycles. The number of hydrogen-bond donors (Lipinski definition) is 1. The summed E-state index contributed by atoms with van der Waals surface area (Å²) in [6, 6.07) is 0. The quantitative estimate of drug-likeness (QED) is 0.0524. The lowest BCUT2D eigenvalue weighted by atomic mass is 10.0. The van der Waals surface area contributed by atoms with Crippen molar-refractivity contribution in [1.82, 2.24) is 0 Å². The van der Waals surface area contributed by atoms with Gasteiger partial charge in [0.2, 0.25) is 0 Å². The zero-order chi connectivity index (χ0) is 34.5. The number of aliphatic hydroxyl groups excluding tert-OH is 1. The predicted octanol–water partition coefficient (Wildman–Crippen LogP) is 13.0. The van der Waals surface area contributed by atoms with Crippen molar-refractivity contribution in [1.29, 1.82) is 0 Å². The average Bonchev–Trinajstić information content (AvgIpc) is 3.05. The Morgan fingerprint density at radius 3 is 0.957 bits per heavy atom. The van der Waals surface area contributed by atoms with Gasteiger partial charge in [0.1, 0.15) is 19.3 Å². The maximum atomic E-state index is 12.0. The molecule has 0 aliphatic heterocycles. The largest absolute Gasteiger partial charge is 0.463 e. The molecule has 1 N–H and O–H groups in total. The first-order valence-electron chi connectivity index (χ1n) is 20.9. The van der Waals surface area contributed by atoms with Crippen molar-refractivity contribution < 1.29 is 24.2 Å². The highest BCUT2D eigenvalue weighted by atomic mass is 16.6. The molecule has 0 rings (SSSR count). The van der Waals surface area contributed by atoms with Crippen LogP contribution in [-0.4, -0.2) is 36.4 Å². The van der Waals surface area contributed by atoms with E-state index in [2.05, 4.69) is 20.8 Å². The van der Waals surface area contributed by atoms with Crippen molar-refractivity contribution in [3.63, 3.8) is 0 Å². The van der Waals surface area contributed by atoms with Gasteiger partial charge < -0.3 is 14.6 Å². The number of carbonyl (C=O) groups is 2. The fourth-order valence-electron chi connectivity index (χ4n) is 6.33. The van der Waals surface area contributed by atoms with E-state index in [-0.39, 0.29) is 25.2 Å². The molecule has 0 aliphatic rings. The molecule has 0 aromatic carbocycles. The Morgan fingerprint density at radius 1 is 0.426 bits per heavy atom. The van der Waals surface area contributed by atoms with Gasteiger partial charge in [0, 0.05) is 12.8 Å². The van der Waals surface area contributed by atoms with Crippen LogP contribution in [-0.2, 0) is 19.1 Å². The Kier molecular flexibility index (Phi) is 36.8. The van der Waals surface area contributed by atoms with Crippen LogP contribution >= 0.6 is 0 Å². The maximum Gasteiger partial charge on any atom is 0.305 e. The summed E-state index contributed by atoms with van der Waals surface area (Å²) in [5.74, 6) is 0.286. The van der Waals surface area contributed by atoms with Crippen LogP contribution < -0.4 is 0 Å². The molecule has 0 unspecified atom stereocenters. The van der Waals surface area contributed by atoms with Gasteiger partial charge in [-0.05, 0) is 18.8 Å². The molecule has 0 fully saturated rings. The van der Waals surface area contributed by atoms with Crippen molar-refractivity contribution in [2.45, 2.75) is 239 Å². The first-order valence-corrected chi connectivity index (χ1v) is 20.9. The highest BCUT2D eigenvalue weighted by molar-refractivity contribution is 5.69. The number of hydrogen-bond acceptors (Lipinski definition) is 5.